The zero-order valence-corrected chi connectivity index (χ0v) is 11.5. The average molecular weight is 253 g/mol. The van der Waals surface area contributed by atoms with Crippen LogP contribution in [0.2, 0.25) is 0 Å². The van der Waals surface area contributed by atoms with Crippen LogP contribution in [-0.4, -0.2) is 37.6 Å². The molecule has 4 nitrogen and oxygen atoms in total. The maximum absolute atomic E-state index is 11.4. The molecular weight excluding hydrogens is 226 g/mol. The quantitative estimate of drug-likeness (QED) is 0.594. The summed E-state index contributed by atoms with van der Waals surface area (Å²) in [6.45, 7) is 5.05. The molecule has 0 aromatic rings. The Bertz CT molecular complexity index is 260. The van der Waals surface area contributed by atoms with E-state index in [-0.39, 0.29) is 5.91 Å². The summed E-state index contributed by atoms with van der Waals surface area (Å²) in [5.74, 6) is 0.576. The van der Waals surface area contributed by atoms with Crippen LogP contribution in [0, 0.1) is 5.92 Å². The summed E-state index contributed by atoms with van der Waals surface area (Å²) in [4.78, 5) is 11.4. The highest BCUT2D eigenvalue weighted by molar-refractivity contribution is 5.80. The van der Waals surface area contributed by atoms with E-state index in [1.54, 1.807) is 0 Å². The van der Waals surface area contributed by atoms with Crippen molar-refractivity contribution in [1.29, 1.82) is 0 Å². The van der Waals surface area contributed by atoms with Crippen LogP contribution in [0.15, 0.2) is 0 Å². The molecule has 4 heteroatoms. The molecule has 1 heterocycles. The number of amides is 1. The largest absolute Gasteiger partial charge is 0.355 e. The van der Waals surface area contributed by atoms with Gasteiger partial charge in [-0.05, 0) is 45.6 Å². The number of rotatable bonds is 7. The van der Waals surface area contributed by atoms with E-state index in [4.69, 9.17) is 0 Å². The minimum absolute atomic E-state index is 0.249. The van der Waals surface area contributed by atoms with Gasteiger partial charge in [0.15, 0.2) is 0 Å². The molecule has 2 atom stereocenters. The Morgan fingerprint density at radius 3 is 2.78 bits per heavy atom. The Balaban J connectivity index is 1.48. The van der Waals surface area contributed by atoms with Crippen LogP contribution in [-0.2, 0) is 4.79 Å². The molecule has 0 bridgehead atoms. The predicted octanol–water partition coefficient (Wildman–Crippen LogP) is 1.02. The average Bonchev–Trinajstić information content (AvgIpc) is 3.20. The van der Waals surface area contributed by atoms with Gasteiger partial charge < -0.3 is 16.0 Å². The second-order valence-electron chi connectivity index (χ2n) is 5.80. The summed E-state index contributed by atoms with van der Waals surface area (Å²) in [6, 6.07) is 1.21. The molecule has 1 aliphatic carbocycles. The van der Waals surface area contributed by atoms with E-state index in [0.717, 1.165) is 25.9 Å². The van der Waals surface area contributed by atoms with Gasteiger partial charge in [0.2, 0.25) is 5.91 Å². The molecule has 0 aromatic heterocycles. The summed E-state index contributed by atoms with van der Waals surface area (Å²) in [5.41, 5.74) is 0. The van der Waals surface area contributed by atoms with Crippen molar-refractivity contribution in [2.24, 2.45) is 5.92 Å². The highest BCUT2D eigenvalue weighted by Gasteiger charge is 2.28. The summed E-state index contributed by atoms with van der Waals surface area (Å²) >= 11 is 0. The van der Waals surface area contributed by atoms with E-state index in [0.29, 0.717) is 18.0 Å². The van der Waals surface area contributed by atoms with E-state index in [9.17, 15) is 4.79 Å². The second-order valence-corrected chi connectivity index (χ2v) is 5.80. The molecule has 1 amide bonds. The first-order valence-electron chi connectivity index (χ1n) is 7.50. The molecule has 18 heavy (non-hydrogen) atoms. The van der Waals surface area contributed by atoms with Gasteiger partial charge in [-0.15, -0.1) is 0 Å². The molecule has 104 valence electrons. The molecule has 1 saturated carbocycles. The maximum atomic E-state index is 11.4. The molecule has 0 radical (unpaired) electrons. The van der Waals surface area contributed by atoms with Crippen molar-refractivity contribution < 1.29 is 4.79 Å². The van der Waals surface area contributed by atoms with Gasteiger partial charge in [0, 0.05) is 31.1 Å². The Kier molecular flexibility index (Phi) is 5.45. The molecule has 1 aliphatic heterocycles. The van der Waals surface area contributed by atoms with Gasteiger partial charge in [-0.2, -0.15) is 0 Å². The van der Waals surface area contributed by atoms with Crippen molar-refractivity contribution in [2.45, 2.75) is 57.5 Å². The zero-order chi connectivity index (χ0) is 12.8. The van der Waals surface area contributed by atoms with Gasteiger partial charge in [0.25, 0.3) is 0 Å². The van der Waals surface area contributed by atoms with Crippen LogP contribution >= 0.6 is 0 Å². The highest BCUT2D eigenvalue weighted by atomic mass is 16.2. The number of nitrogens with one attached hydrogen (secondary N) is 3. The standard InChI is InChI=1S/C14H27N3O/c1-11(10-13-4-2-3-7-16-13)15-8-9-17-14(18)12-5-6-12/h11-13,15-16H,2-10H2,1H3,(H,17,18). The zero-order valence-electron chi connectivity index (χ0n) is 11.5. The van der Waals surface area contributed by atoms with Crippen molar-refractivity contribution in [3.63, 3.8) is 0 Å². The Morgan fingerprint density at radius 2 is 2.11 bits per heavy atom. The van der Waals surface area contributed by atoms with Gasteiger partial charge in [-0.1, -0.05) is 6.42 Å². The first-order chi connectivity index (χ1) is 8.75. The Morgan fingerprint density at radius 1 is 1.28 bits per heavy atom. The van der Waals surface area contributed by atoms with Crippen LogP contribution in [0.4, 0.5) is 0 Å². The summed E-state index contributed by atoms with van der Waals surface area (Å²) in [5, 5.41) is 10.0. The topological polar surface area (TPSA) is 53.2 Å². The number of hydrogen-bond donors (Lipinski definition) is 3. The number of hydrogen-bond acceptors (Lipinski definition) is 3. The Hall–Kier alpha value is -0.610. The van der Waals surface area contributed by atoms with Crippen LogP contribution in [0.5, 0.6) is 0 Å². The van der Waals surface area contributed by atoms with Crippen LogP contribution in [0.3, 0.4) is 0 Å². The number of carbonyl (C=O) groups is 1. The molecule has 3 N–H and O–H groups in total. The Labute approximate surface area is 110 Å². The van der Waals surface area contributed by atoms with Crippen LogP contribution < -0.4 is 16.0 Å². The van der Waals surface area contributed by atoms with E-state index in [1.165, 1.54) is 32.2 Å². The van der Waals surface area contributed by atoms with E-state index in [1.807, 2.05) is 0 Å². The maximum Gasteiger partial charge on any atom is 0.223 e. The van der Waals surface area contributed by atoms with Crippen LogP contribution in [0.1, 0.15) is 45.4 Å². The van der Waals surface area contributed by atoms with E-state index in [2.05, 4.69) is 22.9 Å². The fourth-order valence-corrected chi connectivity index (χ4v) is 2.63. The molecule has 0 aromatic carbocycles. The predicted molar refractivity (Wildman–Crippen MR) is 73.5 cm³/mol. The molecule has 2 fully saturated rings. The SMILES string of the molecule is CC(CC1CCCCN1)NCCNC(=O)C1CC1. The van der Waals surface area contributed by atoms with Gasteiger partial charge >= 0.3 is 0 Å². The third-order valence-electron chi connectivity index (χ3n) is 3.92. The summed E-state index contributed by atoms with van der Waals surface area (Å²) in [7, 11) is 0. The first kappa shape index (κ1) is 13.8. The van der Waals surface area contributed by atoms with Crippen molar-refractivity contribution in [3.05, 3.63) is 0 Å². The minimum Gasteiger partial charge on any atom is -0.355 e. The van der Waals surface area contributed by atoms with Gasteiger partial charge in [0.1, 0.15) is 0 Å². The van der Waals surface area contributed by atoms with Crippen molar-refractivity contribution in [2.75, 3.05) is 19.6 Å². The molecule has 2 rings (SSSR count). The van der Waals surface area contributed by atoms with Gasteiger partial charge in [-0.3, -0.25) is 4.79 Å². The molecule has 1 saturated heterocycles. The lowest BCUT2D eigenvalue weighted by Gasteiger charge is -2.26. The third-order valence-corrected chi connectivity index (χ3v) is 3.92. The monoisotopic (exact) mass is 253 g/mol. The van der Waals surface area contributed by atoms with Crippen molar-refractivity contribution in [3.8, 4) is 0 Å². The minimum atomic E-state index is 0.249. The lowest BCUT2D eigenvalue weighted by molar-refractivity contribution is -0.122. The fraction of sp³-hybridized carbons (Fsp3) is 0.929. The first-order valence-corrected chi connectivity index (χ1v) is 7.50. The normalized spacial score (nSPS) is 25.7. The fourth-order valence-electron chi connectivity index (χ4n) is 2.63. The smallest absolute Gasteiger partial charge is 0.223 e. The van der Waals surface area contributed by atoms with Gasteiger partial charge in [-0.25, -0.2) is 0 Å². The lowest BCUT2D eigenvalue weighted by Crippen LogP contribution is -2.42. The highest BCUT2D eigenvalue weighted by Crippen LogP contribution is 2.28. The molecule has 2 aliphatic rings. The number of piperidine rings is 1. The molecule has 2 unspecified atom stereocenters. The van der Waals surface area contributed by atoms with Crippen molar-refractivity contribution in [1.82, 2.24) is 16.0 Å². The van der Waals surface area contributed by atoms with E-state index >= 15 is 0 Å². The van der Waals surface area contributed by atoms with Gasteiger partial charge in [0.05, 0.1) is 0 Å². The second kappa shape index (κ2) is 7.10. The van der Waals surface area contributed by atoms with Crippen LogP contribution in [0.25, 0.3) is 0 Å². The summed E-state index contributed by atoms with van der Waals surface area (Å²) in [6.07, 6.45) is 7.36. The third kappa shape index (κ3) is 4.94. The van der Waals surface area contributed by atoms with Crippen molar-refractivity contribution >= 4 is 5.91 Å². The summed E-state index contributed by atoms with van der Waals surface area (Å²) < 4.78 is 0. The molecule has 0 spiro atoms. The van der Waals surface area contributed by atoms with E-state index < -0.39 is 0 Å². The lowest BCUT2D eigenvalue weighted by atomic mass is 9.99. The molecular formula is C14H27N3O. The number of carbonyl (C=O) groups excluding carboxylic acids is 1.